The molecule has 0 saturated carbocycles. The number of hydrogen-bond donors (Lipinski definition) is 1. The maximum absolute atomic E-state index is 12.7. The number of nitrogens with one attached hydrogen (secondary N) is 1. The Labute approximate surface area is 166 Å². The van der Waals surface area contributed by atoms with E-state index in [0.29, 0.717) is 5.56 Å². The molecule has 1 aromatic heterocycles. The van der Waals surface area contributed by atoms with E-state index in [4.69, 9.17) is 4.74 Å². The monoisotopic (exact) mass is 428 g/mol. The van der Waals surface area contributed by atoms with Gasteiger partial charge in [-0.25, -0.2) is 0 Å². The topological polar surface area (TPSA) is 59.4 Å². The Hall–Kier alpha value is -2.22. The second-order valence-electron chi connectivity index (χ2n) is 6.54. The molecule has 6 nitrogen and oxygen atoms in total. The Morgan fingerprint density at radius 2 is 1.89 bits per heavy atom. The van der Waals surface area contributed by atoms with Crippen LogP contribution < -0.4 is 5.32 Å². The predicted octanol–water partition coefficient (Wildman–Crippen LogP) is 3.38. The van der Waals surface area contributed by atoms with Gasteiger partial charge in [-0.2, -0.15) is 5.10 Å². The van der Waals surface area contributed by atoms with E-state index in [-0.39, 0.29) is 5.91 Å². The molecule has 0 atom stereocenters. The Morgan fingerprint density at radius 1 is 1.11 bits per heavy atom. The van der Waals surface area contributed by atoms with Gasteiger partial charge in [-0.3, -0.25) is 14.4 Å². The normalized spacial score (nSPS) is 15.1. The Bertz CT molecular complexity index is 950. The molecule has 1 fully saturated rings. The molecule has 140 valence electrons. The van der Waals surface area contributed by atoms with Crippen LogP contribution in [-0.4, -0.2) is 53.4 Å². The summed E-state index contributed by atoms with van der Waals surface area (Å²) in [6.45, 7) is 5.14. The molecule has 1 amide bonds. The average Bonchev–Trinajstić information content (AvgIpc) is 3.19. The molecular formula is C20H21BrN4O2. The Kier molecular flexibility index (Phi) is 5.52. The third kappa shape index (κ3) is 4.21. The second kappa shape index (κ2) is 8.21. The summed E-state index contributed by atoms with van der Waals surface area (Å²) >= 11 is 3.56. The molecule has 7 heteroatoms. The fourth-order valence-corrected chi connectivity index (χ4v) is 3.72. The van der Waals surface area contributed by atoms with E-state index in [0.717, 1.165) is 60.3 Å². The molecule has 1 N–H and O–H groups in total. The third-order valence-electron chi connectivity index (χ3n) is 4.76. The van der Waals surface area contributed by atoms with Gasteiger partial charge in [0.15, 0.2) is 0 Å². The number of carbonyl (C=O) groups is 1. The molecule has 0 spiro atoms. The molecule has 0 unspecified atom stereocenters. The van der Waals surface area contributed by atoms with E-state index in [1.807, 2.05) is 41.1 Å². The summed E-state index contributed by atoms with van der Waals surface area (Å²) in [5, 5.41) is 9.40. The third-order valence-corrected chi connectivity index (χ3v) is 5.46. The van der Waals surface area contributed by atoms with Crippen LogP contribution in [0.4, 0.5) is 5.69 Å². The number of amides is 1. The summed E-state index contributed by atoms with van der Waals surface area (Å²) in [5.41, 5.74) is 1.35. The predicted molar refractivity (Wildman–Crippen MR) is 109 cm³/mol. The fraction of sp³-hybridized carbons (Fsp3) is 0.300. The molecule has 1 saturated heterocycles. The smallest absolute Gasteiger partial charge is 0.258 e. The van der Waals surface area contributed by atoms with E-state index >= 15 is 0 Å². The number of rotatable bonds is 5. The number of carbonyl (C=O) groups excluding carboxylic acids is 1. The van der Waals surface area contributed by atoms with Crippen molar-refractivity contribution in [3.05, 3.63) is 58.8 Å². The largest absolute Gasteiger partial charge is 0.379 e. The number of ether oxygens (including phenoxy) is 1. The molecular weight excluding hydrogens is 408 g/mol. The highest BCUT2D eigenvalue weighted by molar-refractivity contribution is 9.10. The van der Waals surface area contributed by atoms with Crippen molar-refractivity contribution in [2.24, 2.45) is 0 Å². The van der Waals surface area contributed by atoms with Crippen LogP contribution in [0.15, 0.2) is 53.3 Å². The number of hydrogen-bond acceptors (Lipinski definition) is 4. The van der Waals surface area contributed by atoms with Gasteiger partial charge in [-0.15, -0.1) is 0 Å². The van der Waals surface area contributed by atoms with Gasteiger partial charge in [0.1, 0.15) is 0 Å². The first-order valence-electron chi connectivity index (χ1n) is 9.02. The first-order valence-corrected chi connectivity index (χ1v) is 9.81. The minimum Gasteiger partial charge on any atom is -0.379 e. The number of halogens is 1. The van der Waals surface area contributed by atoms with Gasteiger partial charge in [0, 0.05) is 41.4 Å². The van der Waals surface area contributed by atoms with Gasteiger partial charge in [0.05, 0.1) is 31.5 Å². The number of morpholine rings is 1. The van der Waals surface area contributed by atoms with E-state index in [1.165, 1.54) is 0 Å². The van der Waals surface area contributed by atoms with Crippen molar-refractivity contribution in [2.75, 3.05) is 38.2 Å². The SMILES string of the molecule is O=C(Nc1ccc(Br)c2ccccc12)c1cnn(CCN2CCOCC2)c1. The zero-order chi connectivity index (χ0) is 18.6. The van der Waals surface area contributed by atoms with E-state index in [1.54, 1.807) is 12.4 Å². The van der Waals surface area contributed by atoms with Crippen LogP contribution in [0.25, 0.3) is 10.8 Å². The summed E-state index contributed by atoms with van der Waals surface area (Å²) in [6, 6.07) is 11.8. The van der Waals surface area contributed by atoms with Crippen LogP contribution in [0.2, 0.25) is 0 Å². The molecule has 0 aliphatic carbocycles. The molecule has 27 heavy (non-hydrogen) atoms. The Balaban J connectivity index is 1.43. The maximum Gasteiger partial charge on any atom is 0.258 e. The van der Waals surface area contributed by atoms with Crippen molar-refractivity contribution in [1.82, 2.24) is 14.7 Å². The minimum atomic E-state index is -0.153. The highest BCUT2D eigenvalue weighted by Crippen LogP contribution is 2.30. The fourth-order valence-electron chi connectivity index (χ4n) is 3.24. The second-order valence-corrected chi connectivity index (χ2v) is 7.40. The molecule has 1 aliphatic rings. The summed E-state index contributed by atoms with van der Waals surface area (Å²) in [7, 11) is 0. The van der Waals surface area contributed by atoms with Crippen LogP contribution in [0.5, 0.6) is 0 Å². The first kappa shape index (κ1) is 18.2. The average molecular weight is 429 g/mol. The minimum absolute atomic E-state index is 0.153. The number of nitrogens with zero attached hydrogens (tertiary/aromatic N) is 3. The lowest BCUT2D eigenvalue weighted by Crippen LogP contribution is -2.38. The van der Waals surface area contributed by atoms with Gasteiger partial charge in [-0.1, -0.05) is 40.2 Å². The summed E-state index contributed by atoms with van der Waals surface area (Å²) in [5.74, 6) is -0.153. The highest BCUT2D eigenvalue weighted by atomic mass is 79.9. The quantitative estimate of drug-likeness (QED) is 0.676. The number of aromatic nitrogens is 2. The molecule has 0 radical (unpaired) electrons. The van der Waals surface area contributed by atoms with Gasteiger partial charge in [0.2, 0.25) is 0 Å². The van der Waals surface area contributed by atoms with Crippen LogP contribution in [0.3, 0.4) is 0 Å². The number of fused-ring (bicyclic) bond motifs is 1. The van der Waals surface area contributed by atoms with Gasteiger partial charge < -0.3 is 10.1 Å². The summed E-state index contributed by atoms with van der Waals surface area (Å²) in [6.07, 6.45) is 3.42. The molecule has 4 rings (SSSR count). The number of anilines is 1. The van der Waals surface area contributed by atoms with Gasteiger partial charge in [0.25, 0.3) is 5.91 Å². The standard InChI is InChI=1S/C20H21BrN4O2/c21-18-5-6-19(17-4-2-1-3-16(17)18)23-20(26)15-13-22-25(14-15)8-7-24-9-11-27-12-10-24/h1-6,13-14H,7-12H2,(H,23,26). The lowest BCUT2D eigenvalue weighted by atomic mass is 10.1. The molecule has 0 bridgehead atoms. The summed E-state index contributed by atoms with van der Waals surface area (Å²) in [4.78, 5) is 15.0. The van der Waals surface area contributed by atoms with Crippen molar-refractivity contribution in [1.29, 1.82) is 0 Å². The molecule has 2 heterocycles. The zero-order valence-corrected chi connectivity index (χ0v) is 16.5. The van der Waals surface area contributed by atoms with Crippen molar-refractivity contribution in [3.8, 4) is 0 Å². The first-order chi connectivity index (χ1) is 13.2. The Morgan fingerprint density at radius 3 is 2.70 bits per heavy atom. The number of benzene rings is 2. The van der Waals surface area contributed by atoms with Crippen LogP contribution >= 0.6 is 15.9 Å². The lowest BCUT2D eigenvalue weighted by Gasteiger charge is -2.26. The van der Waals surface area contributed by atoms with E-state index < -0.39 is 0 Å². The van der Waals surface area contributed by atoms with Crippen LogP contribution in [0.1, 0.15) is 10.4 Å². The lowest BCUT2D eigenvalue weighted by molar-refractivity contribution is 0.0360. The van der Waals surface area contributed by atoms with Crippen molar-refractivity contribution >= 4 is 38.3 Å². The van der Waals surface area contributed by atoms with Gasteiger partial charge in [-0.05, 0) is 17.5 Å². The van der Waals surface area contributed by atoms with Crippen LogP contribution in [-0.2, 0) is 11.3 Å². The molecule has 1 aliphatic heterocycles. The van der Waals surface area contributed by atoms with Crippen LogP contribution in [0, 0.1) is 0 Å². The van der Waals surface area contributed by atoms with Crippen molar-refractivity contribution < 1.29 is 9.53 Å². The van der Waals surface area contributed by atoms with Gasteiger partial charge >= 0.3 is 0 Å². The maximum atomic E-state index is 12.7. The zero-order valence-electron chi connectivity index (χ0n) is 14.9. The van der Waals surface area contributed by atoms with Crippen molar-refractivity contribution in [2.45, 2.75) is 6.54 Å². The highest BCUT2D eigenvalue weighted by Gasteiger charge is 2.13. The molecule has 2 aromatic carbocycles. The summed E-state index contributed by atoms with van der Waals surface area (Å²) < 4.78 is 8.19. The van der Waals surface area contributed by atoms with E-state index in [2.05, 4.69) is 31.2 Å². The van der Waals surface area contributed by atoms with E-state index in [9.17, 15) is 4.79 Å². The molecule has 3 aromatic rings. The van der Waals surface area contributed by atoms with Crippen molar-refractivity contribution in [3.63, 3.8) is 0 Å².